The summed E-state index contributed by atoms with van der Waals surface area (Å²) in [6.07, 6.45) is 0. The van der Waals surface area contributed by atoms with E-state index in [-0.39, 0.29) is 0 Å². The zero-order valence-electron chi connectivity index (χ0n) is 29.6. The van der Waals surface area contributed by atoms with Crippen molar-refractivity contribution in [3.05, 3.63) is 181 Å². The minimum absolute atomic E-state index is 0.449. The molecule has 0 bridgehead atoms. The zero-order valence-corrected chi connectivity index (χ0v) is 30.4. The number of benzene rings is 8. The molecule has 2 heterocycles. The van der Waals surface area contributed by atoms with Crippen molar-refractivity contribution in [1.82, 2.24) is 9.55 Å². The summed E-state index contributed by atoms with van der Waals surface area (Å²) in [6, 6.07) is 63.9. The van der Waals surface area contributed by atoms with Crippen LogP contribution in [0.1, 0.15) is 25.3 Å². The van der Waals surface area contributed by atoms with Gasteiger partial charge in [-0.25, -0.2) is 4.98 Å². The molecule has 0 fully saturated rings. The fraction of sp³-hybridized carbons (Fsp3) is 0.0600. The highest BCUT2D eigenvalue weighted by atomic mass is 32.1. The Morgan fingerprint density at radius 1 is 0.509 bits per heavy atom. The Hall–Kier alpha value is -6.29. The molecule has 0 unspecified atom stereocenters. The number of hydrogen-bond donors (Lipinski definition) is 0. The van der Waals surface area contributed by atoms with Crippen LogP contribution in [0.25, 0.3) is 92.4 Å². The summed E-state index contributed by atoms with van der Waals surface area (Å²) < 4.78 is 4.98. The smallest absolute Gasteiger partial charge is 0.147 e. The van der Waals surface area contributed by atoms with Gasteiger partial charge in [0.05, 0.1) is 16.7 Å². The maximum atomic E-state index is 5.64. The Balaban J connectivity index is 1.33. The van der Waals surface area contributed by atoms with Gasteiger partial charge in [0.25, 0.3) is 0 Å². The number of fused-ring (bicyclic) bond motifs is 6. The van der Waals surface area contributed by atoms with E-state index >= 15 is 0 Å². The van der Waals surface area contributed by atoms with E-state index in [2.05, 4.69) is 194 Å². The van der Waals surface area contributed by atoms with Gasteiger partial charge in [0.2, 0.25) is 0 Å². The number of aromatic nitrogens is 2. The van der Waals surface area contributed by atoms with Crippen molar-refractivity contribution >= 4 is 53.3 Å². The highest BCUT2D eigenvalue weighted by molar-refractivity contribution is 7.26. The summed E-state index contributed by atoms with van der Waals surface area (Å²) in [5.41, 5.74) is 12.9. The van der Waals surface area contributed by atoms with E-state index in [1.165, 1.54) is 58.9 Å². The molecule has 0 amide bonds. The van der Waals surface area contributed by atoms with E-state index in [0.717, 1.165) is 39.1 Å². The van der Waals surface area contributed by atoms with Gasteiger partial charge in [-0.05, 0) is 75.0 Å². The molecule has 10 aromatic rings. The second-order valence-electron chi connectivity index (χ2n) is 14.1. The summed E-state index contributed by atoms with van der Waals surface area (Å²) in [4.78, 5) is 5.64. The standard InChI is InChI=1S/C50H36N2S/c1-32(2)37-22-25-41-46(31-37)53-49-42(27-26-39(47(41)49)34-16-8-4-9-17-34)50-51-48-40-21-13-12-20-36(40)23-29-45(48)52(50)44-28-24-38(33-14-6-3-7-15-33)30-43(44)35-18-10-5-11-19-35/h3-32H,1-2H3. The fourth-order valence-electron chi connectivity index (χ4n) is 7.92. The molecule has 10 rings (SSSR count). The quantitative estimate of drug-likeness (QED) is 0.169. The first kappa shape index (κ1) is 31.4. The van der Waals surface area contributed by atoms with Crippen molar-refractivity contribution in [3.8, 4) is 50.5 Å². The molecular weight excluding hydrogens is 661 g/mol. The predicted octanol–water partition coefficient (Wildman–Crippen LogP) is 14.3. The number of imidazole rings is 1. The molecule has 0 radical (unpaired) electrons. The minimum atomic E-state index is 0.449. The molecule has 0 atom stereocenters. The summed E-state index contributed by atoms with van der Waals surface area (Å²) in [5.74, 6) is 1.40. The van der Waals surface area contributed by atoms with Gasteiger partial charge in [0.15, 0.2) is 0 Å². The Labute approximate surface area is 313 Å². The molecule has 8 aromatic carbocycles. The zero-order chi connectivity index (χ0) is 35.5. The number of hydrogen-bond acceptors (Lipinski definition) is 2. The van der Waals surface area contributed by atoms with Crippen molar-refractivity contribution < 1.29 is 0 Å². The summed E-state index contributed by atoms with van der Waals surface area (Å²) in [7, 11) is 0. The number of rotatable bonds is 6. The van der Waals surface area contributed by atoms with Crippen LogP contribution < -0.4 is 0 Å². The first-order valence-electron chi connectivity index (χ1n) is 18.3. The molecule has 252 valence electrons. The Morgan fingerprint density at radius 2 is 1.17 bits per heavy atom. The van der Waals surface area contributed by atoms with Crippen molar-refractivity contribution in [1.29, 1.82) is 0 Å². The number of thiophene rings is 1. The van der Waals surface area contributed by atoms with Crippen LogP contribution >= 0.6 is 11.3 Å². The molecule has 0 spiro atoms. The molecule has 0 aliphatic rings. The molecule has 0 aliphatic carbocycles. The van der Waals surface area contributed by atoms with Crippen LogP contribution in [0.4, 0.5) is 0 Å². The van der Waals surface area contributed by atoms with Crippen LogP contribution in [0.3, 0.4) is 0 Å². The van der Waals surface area contributed by atoms with Crippen LogP contribution in [-0.2, 0) is 0 Å². The van der Waals surface area contributed by atoms with Crippen molar-refractivity contribution in [2.45, 2.75) is 19.8 Å². The average molecular weight is 697 g/mol. The van der Waals surface area contributed by atoms with E-state index in [9.17, 15) is 0 Å². The molecule has 53 heavy (non-hydrogen) atoms. The van der Waals surface area contributed by atoms with Gasteiger partial charge < -0.3 is 0 Å². The lowest BCUT2D eigenvalue weighted by molar-refractivity contribution is 0.869. The van der Waals surface area contributed by atoms with Gasteiger partial charge in [-0.1, -0.05) is 159 Å². The molecular formula is C50H36N2S. The Morgan fingerprint density at radius 3 is 1.91 bits per heavy atom. The Kier molecular flexibility index (Phi) is 7.56. The second kappa shape index (κ2) is 12.7. The third kappa shape index (κ3) is 5.27. The van der Waals surface area contributed by atoms with Gasteiger partial charge in [0.1, 0.15) is 5.82 Å². The van der Waals surface area contributed by atoms with Crippen LogP contribution in [0.5, 0.6) is 0 Å². The predicted molar refractivity (Wildman–Crippen MR) is 227 cm³/mol. The lowest BCUT2D eigenvalue weighted by Gasteiger charge is -2.17. The van der Waals surface area contributed by atoms with Crippen molar-refractivity contribution in [2.24, 2.45) is 0 Å². The third-order valence-corrected chi connectivity index (χ3v) is 11.8. The summed E-state index contributed by atoms with van der Waals surface area (Å²) in [6.45, 7) is 4.55. The van der Waals surface area contributed by atoms with Gasteiger partial charge >= 0.3 is 0 Å². The van der Waals surface area contributed by atoms with Crippen molar-refractivity contribution in [3.63, 3.8) is 0 Å². The summed E-state index contributed by atoms with van der Waals surface area (Å²) in [5, 5.41) is 4.92. The maximum absolute atomic E-state index is 5.64. The maximum Gasteiger partial charge on any atom is 0.147 e. The molecule has 0 N–H and O–H groups in total. The fourth-order valence-corrected chi connectivity index (χ4v) is 9.20. The van der Waals surface area contributed by atoms with E-state index < -0.39 is 0 Å². The lowest BCUT2D eigenvalue weighted by atomic mass is 9.95. The normalized spacial score (nSPS) is 11.8. The second-order valence-corrected chi connectivity index (χ2v) is 15.2. The Bertz CT molecular complexity index is 2950. The number of nitrogens with zero attached hydrogens (tertiary/aromatic N) is 2. The third-order valence-electron chi connectivity index (χ3n) is 10.6. The van der Waals surface area contributed by atoms with E-state index in [4.69, 9.17) is 4.98 Å². The van der Waals surface area contributed by atoms with Gasteiger partial charge in [-0.15, -0.1) is 11.3 Å². The monoisotopic (exact) mass is 696 g/mol. The minimum Gasteiger partial charge on any atom is -0.292 e. The molecule has 2 aromatic heterocycles. The van der Waals surface area contributed by atoms with E-state index in [1.807, 2.05) is 11.3 Å². The molecule has 3 heteroatoms. The molecule has 0 saturated carbocycles. The van der Waals surface area contributed by atoms with Crippen LogP contribution in [0, 0.1) is 0 Å². The first-order chi connectivity index (χ1) is 26.1. The molecule has 2 nitrogen and oxygen atoms in total. The molecule has 0 saturated heterocycles. The lowest BCUT2D eigenvalue weighted by Crippen LogP contribution is -2.01. The first-order valence-corrected chi connectivity index (χ1v) is 19.1. The largest absolute Gasteiger partial charge is 0.292 e. The summed E-state index contributed by atoms with van der Waals surface area (Å²) >= 11 is 1.89. The highest BCUT2D eigenvalue weighted by Crippen LogP contribution is 2.47. The van der Waals surface area contributed by atoms with Gasteiger partial charge in [-0.2, -0.15) is 0 Å². The van der Waals surface area contributed by atoms with Gasteiger partial charge in [-0.3, -0.25) is 4.57 Å². The van der Waals surface area contributed by atoms with Gasteiger partial charge in [0, 0.05) is 36.7 Å². The topological polar surface area (TPSA) is 17.8 Å². The van der Waals surface area contributed by atoms with Crippen LogP contribution in [-0.4, -0.2) is 9.55 Å². The van der Waals surface area contributed by atoms with E-state index in [1.54, 1.807) is 0 Å². The average Bonchev–Trinajstić information content (AvgIpc) is 3.80. The molecule has 0 aliphatic heterocycles. The van der Waals surface area contributed by atoms with Crippen molar-refractivity contribution in [2.75, 3.05) is 0 Å². The van der Waals surface area contributed by atoms with Crippen LogP contribution in [0.15, 0.2) is 176 Å². The van der Waals surface area contributed by atoms with E-state index in [0.29, 0.717) is 5.92 Å². The SMILES string of the molecule is CC(C)c1ccc2c(c1)sc1c(-c3nc4c5ccccc5ccc4n3-c3ccc(-c4ccccc4)cc3-c3ccccc3)ccc(-c3ccccc3)c12. The highest BCUT2D eigenvalue weighted by Gasteiger charge is 2.24. The van der Waals surface area contributed by atoms with Crippen LogP contribution in [0.2, 0.25) is 0 Å².